The summed E-state index contributed by atoms with van der Waals surface area (Å²) in [6, 6.07) is 0. The van der Waals surface area contributed by atoms with Crippen LogP contribution in [0.2, 0.25) is 0 Å². The molecule has 1 saturated carbocycles. The van der Waals surface area contributed by atoms with E-state index in [1.165, 1.54) is 19.1 Å². The Balaban J connectivity index is 2.29. The minimum atomic E-state index is -0.367. The Morgan fingerprint density at radius 3 is 2.73 bits per heavy atom. The maximum atomic E-state index is 12.0. The molecule has 0 unspecified atom stereocenters. The number of carbonyl (C=O) groups is 1. The molecule has 1 fully saturated rings. The lowest BCUT2D eigenvalue weighted by atomic mass is 9.52. The molecule has 0 amide bonds. The third-order valence-corrected chi connectivity index (χ3v) is 6.10. The van der Waals surface area contributed by atoms with Crippen molar-refractivity contribution in [2.75, 3.05) is 7.11 Å². The summed E-state index contributed by atoms with van der Waals surface area (Å²) in [6.45, 7) is 10.8. The molecule has 0 radical (unpaired) electrons. The van der Waals surface area contributed by atoms with Crippen LogP contribution in [0.5, 0.6) is 0 Å². The predicted molar refractivity (Wildman–Crippen MR) is 88.4 cm³/mol. The molecule has 0 aliphatic heterocycles. The van der Waals surface area contributed by atoms with Crippen molar-refractivity contribution in [3.05, 3.63) is 23.5 Å². The third kappa shape index (κ3) is 3.09. The van der Waals surface area contributed by atoms with Crippen molar-refractivity contribution in [3.8, 4) is 0 Å². The molecule has 3 nitrogen and oxygen atoms in total. The van der Waals surface area contributed by atoms with E-state index in [0.29, 0.717) is 36.2 Å². The van der Waals surface area contributed by atoms with Crippen molar-refractivity contribution in [2.45, 2.75) is 59.3 Å². The number of methoxy groups -OCH3 is 1. The van der Waals surface area contributed by atoms with Gasteiger partial charge in [0.05, 0.1) is 12.7 Å². The Labute approximate surface area is 134 Å². The molecule has 124 valence electrons. The maximum Gasteiger partial charge on any atom is 0.337 e. The summed E-state index contributed by atoms with van der Waals surface area (Å²) >= 11 is 0. The number of rotatable bonds is 4. The summed E-state index contributed by atoms with van der Waals surface area (Å²) < 4.78 is 4.87. The van der Waals surface area contributed by atoms with E-state index >= 15 is 0 Å². The SMILES string of the molecule is C=C(C)CC[C@@H]1[C@@H](C)CC[C@@H]2CC(O)=C(C(=O)OC)C[C@]21C. The minimum absolute atomic E-state index is 0.0723. The molecule has 0 aromatic rings. The fraction of sp³-hybridized carbons (Fsp3) is 0.737. The van der Waals surface area contributed by atoms with Gasteiger partial charge in [-0.3, -0.25) is 0 Å². The standard InChI is InChI=1S/C19H30O3/c1-12(2)6-9-16-13(3)7-8-14-10-17(20)15(18(21)22-5)11-19(14,16)4/h13-14,16,20H,1,6-11H2,2-5H3/t13-,14+,16+,19+/m0/s1. The van der Waals surface area contributed by atoms with E-state index in [0.717, 1.165) is 19.3 Å². The van der Waals surface area contributed by atoms with Gasteiger partial charge in [0.1, 0.15) is 5.76 Å². The number of aliphatic hydroxyl groups is 1. The Bertz CT molecular complexity index is 491. The molecule has 2 aliphatic rings. The highest BCUT2D eigenvalue weighted by molar-refractivity contribution is 5.89. The first-order chi connectivity index (χ1) is 10.3. The fourth-order valence-corrected chi connectivity index (χ4v) is 4.73. The van der Waals surface area contributed by atoms with Gasteiger partial charge >= 0.3 is 5.97 Å². The van der Waals surface area contributed by atoms with Crippen LogP contribution < -0.4 is 0 Å². The van der Waals surface area contributed by atoms with Crippen molar-refractivity contribution in [2.24, 2.45) is 23.2 Å². The first-order valence-corrected chi connectivity index (χ1v) is 8.43. The van der Waals surface area contributed by atoms with Gasteiger partial charge in [-0.25, -0.2) is 4.79 Å². The molecule has 22 heavy (non-hydrogen) atoms. The molecular formula is C19H30O3. The molecular weight excluding hydrogens is 276 g/mol. The first-order valence-electron chi connectivity index (χ1n) is 8.43. The molecule has 1 N–H and O–H groups in total. The molecule has 0 spiro atoms. The van der Waals surface area contributed by atoms with Gasteiger partial charge in [0.15, 0.2) is 0 Å². The third-order valence-electron chi connectivity index (χ3n) is 6.10. The topological polar surface area (TPSA) is 46.5 Å². The first kappa shape index (κ1) is 17.1. The van der Waals surface area contributed by atoms with Crippen LogP contribution in [0.15, 0.2) is 23.5 Å². The van der Waals surface area contributed by atoms with Gasteiger partial charge in [-0.2, -0.15) is 0 Å². The van der Waals surface area contributed by atoms with Gasteiger partial charge in [-0.1, -0.05) is 25.8 Å². The zero-order valence-electron chi connectivity index (χ0n) is 14.4. The van der Waals surface area contributed by atoms with Gasteiger partial charge in [-0.15, -0.1) is 6.58 Å². The smallest absolute Gasteiger partial charge is 0.337 e. The quantitative estimate of drug-likeness (QED) is 0.600. The highest BCUT2D eigenvalue weighted by atomic mass is 16.5. The van der Waals surface area contributed by atoms with Gasteiger partial charge in [0.2, 0.25) is 0 Å². The summed E-state index contributed by atoms with van der Waals surface area (Å²) in [5.41, 5.74) is 1.79. The Hall–Kier alpha value is -1.25. The Kier molecular flexibility index (Phi) is 5.03. The van der Waals surface area contributed by atoms with E-state index in [1.807, 2.05) is 0 Å². The molecule has 0 aromatic heterocycles. The summed E-state index contributed by atoms with van der Waals surface area (Å²) in [6.07, 6.45) is 5.78. The van der Waals surface area contributed by atoms with E-state index in [9.17, 15) is 9.90 Å². The van der Waals surface area contributed by atoms with Crippen LogP contribution in [0.25, 0.3) is 0 Å². The van der Waals surface area contributed by atoms with E-state index in [-0.39, 0.29) is 17.1 Å². The Morgan fingerprint density at radius 2 is 2.14 bits per heavy atom. The van der Waals surface area contributed by atoms with Crippen LogP contribution in [-0.4, -0.2) is 18.2 Å². The molecule has 2 aliphatic carbocycles. The van der Waals surface area contributed by atoms with Crippen LogP contribution in [0.3, 0.4) is 0 Å². The molecule has 0 heterocycles. The lowest BCUT2D eigenvalue weighted by Crippen LogP contribution is -2.46. The number of ether oxygens (including phenoxy) is 1. The highest BCUT2D eigenvalue weighted by Crippen LogP contribution is 2.57. The van der Waals surface area contributed by atoms with Crippen molar-refractivity contribution in [1.82, 2.24) is 0 Å². The average molecular weight is 306 g/mol. The van der Waals surface area contributed by atoms with Gasteiger partial charge in [-0.05, 0) is 55.8 Å². The highest BCUT2D eigenvalue weighted by Gasteiger charge is 2.50. The van der Waals surface area contributed by atoms with Crippen molar-refractivity contribution < 1.29 is 14.6 Å². The molecule has 3 heteroatoms. The predicted octanol–water partition coefficient (Wildman–Crippen LogP) is 4.79. The fourth-order valence-electron chi connectivity index (χ4n) is 4.73. The monoisotopic (exact) mass is 306 g/mol. The molecule has 0 bridgehead atoms. The average Bonchev–Trinajstić information content (AvgIpc) is 2.46. The second kappa shape index (κ2) is 6.47. The van der Waals surface area contributed by atoms with Crippen molar-refractivity contribution in [3.63, 3.8) is 0 Å². The number of aliphatic hydroxyl groups excluding tert-OH is 1. The van der Waals surface area contributed by atoms with Crippen LogP contribution in [0.4, 0.5) is 0 Å². The second-order valence-electron chi connectivity index (χ2n) is 7.66. The maximum absolute atomic E-state index is 12.0. The van der Waals surface area contributed by atoms with Crippen LogP contribution in [0.1, 0.15) is 59.3 Å². The molecule has 0 aromatic carbocycles. The molecule has 4 atom stereocenters. The minimum Gasteiger partial charge on any atom is -0.512 e. The van der Waals surface area contributed by atoms with E-state index in [1.54, 1.807) is 0 Å². The largest absolute Gasteiger partial charge is 0.512 e. The molecule has 2 rings (SSSR count). The second-order valence-corrected chi connectivity index (χ2v) is 7.66. The zero-order valence-corrected chi connectivity index (χ0v) is 14.4. The lowest BCUT2D eigenvalue weighted by molar-refractivity contribution is -0.138. The number of hydrogen-bond acceptors (Lipinski definition) is 3. The number of esters is 1. The zero-order chi connectivity index (χ0) is 16.5. The summed E-state index contributed by atoms with van der Waals surface area (Å²) in [4.78, 5) is 12.0. The normalized spacial score (nSPS) is 35.0. The Morgan fingerprint density at radius 1 is 1.45 bits per heavy atom. The van der Waals surface area contributed by atoms with Crippen LogP contribution in [-0.2, 0) is 9.53 Å². The summed E-state index contributed by atoms with van der Waals surface area (Å²) in [7, 11) is 1.39. The van der Waals surface area contributed by atoms with Crippen LogP contribution in [0, 0.1) is 23.2 Å². The van der Waals surface area contributed by atoms with E-state index in [4.69, 9.17) is 4.74 Å². The van der Waals surface area contributed by atoms with E-state index < -0.39 is 0 Å². The van der Waals surface area contributed by atoms with Crippen LogP contribution >= 0.6 is 0 Å². The van der Waals surface area contributed by atoms with E-state index in [2.05, 4.69) is 27.4 Å². The lowest BCUT2D eigenvalue weighted by Gasteiger charge is -2.53. The number of allylic oxidation sites excluding steroid dienone is 2. The number of carbonyl (C=O) groups excluding carboxylic acids is 1. The van der Waals surface area contributed by atoms with Crippen molar-refractivity contribution >= 4 is 5.97 Å². The molecule has 0 saturated heterocycles. The number of hydrogen-bond donors (Lipinski definition) is 1. The van der Waals surface area contributed by atoms with Gasteiger partial charge in [0.25, 0.3) is 0 Å². The number of fused-ring (bicyclic) bond motifs is 1. The summed E-state index contributed by atoms with van der Waals surface area (Å²) in [5, 5.41) is 10.3. The van der Waals surface area contributed by atoms with Gasteiger partial charge < -0.3 is 9.84 Å². The van der Waals surface area contributed by atoms with Crippen molar-refractivity contribution in [1.29, 1.82) is 0 Å². The van der Waals surface area contributed by atoms with Gasteiger partial charge in [0, 0.05) is 6.42 Å². The summed E-state index contributed by atoms with van der Waals surface area (Å²) in [5.74, 6) is 1.57.